The summed E-state index contributed by atoms with van der Waals surface area (Å²) in [6, 6.07) is 4.29. The number of amides is 1. The molecule has 5 N–H and O–H groups in total. The van der Waals surface area contributed by atoms with Crippen molar-refractivity contribution in [3.05, 3.63) is 0 Å². The second-order valence-corrected chi connectivity index (χ2v) is 7.95. The summed E-state index contributed by atoms with van der Waals surface area (Å²) in [5.74, 6) is 0. The summed E-state index contributed by atoms with van der Waals surface area (Å²) in [4.78, 5) is 11.3. The van der Waals surface area contributed by atoms with Crippen LogP contribution in [0.15, 0.2) is 0 Å². The summed E-state index contributed by atoms with van der Waals surface area (Å²) in [5.41, 5.74) is 3.23. The molecule has 152 valence electrons. The van der Waals surface area contributed by atoms with Crippen LogP contribution in [0.5, 0.6) is 0 Å². The lowest BCUT2D eigenvalue weighted by molar-refractivity contribution is -0.418. The maximum absolute atomic E-state index is 11.3. The van der Waals surface area contributed by atoms with Gasteiger partial charge in [0.1, 0.15) is 5.60 Å². The van der Waals surface area contributed by atoms with Gasteiger partial charge in [-0.05, 0) is 33.6 Å². The fourth-order valence-electron chi connectivity index (χ4n) is 1.16. The number of nitrogens with one attached hydrogen (secondary N) is 1. The monoisotopic (exact) mass is 393 g/mol. The standard InChI is InChI=1S/C10H18N2O2.C5H10N2.CH4O3S/c1-5-8(6-7-11)12-9(13)14-10(2,3)4;1-2-5(7)3-4-6;1-5(2,3)4/h8H,5-6H2,1-4H3,(H,12,13);5H,2-3,7H2,1H3;1H3,(H,2,3,4)/p+1. The first-order valence-corrected chi connectivity index (χ1v) is 10.0. The average molecular weight is 394 g/mol. The van der Waals surface area contributed by atoms with Crippen molar-refractivity contribution in [2.45, 2.75) is 78.0 Å². The molecule has 2 unspecified atom stereocenters. The van der Waals surface area contributed by atoms with Gasteiger partial charge in [-0.25, -0.2) is 4.79 Å². The Hall–Kier alpha value is -1.88. The number of quaternary nitrogens is 1. The topological polar surface area (TPSA) is 168 Å². The van der Waals surface area contributed by atoms with Crippen molar-refractivity contribution >= 4 is 16.2 Å². The van der Waals surface area contributed by atoms with E-state index in [-0.39, 0.29) is 6.04 Å². The molecule has 0 aromatic heterocycles. The van der Waals surface area contributed by atoms with Crippen LogP contribution in [0.2, 0.25) is 0 Å². The molecule has 1 amide bonds. The Morgan fingerprint density at radius 2 is 1.62 bits per heavy atom. The van der Waals surface area contributed by atoms with Crippen LogP contribution in [0.4, 0.5) is 4.79 Å². The van der Waals surface area contributed by atoms with E-state index < -0.39 is 21.8 Å². The maximum atomic E-state index is 11.3. The van der Waals surface area contributed by atoms with E-state index in [0.29, 0.717) is 25.1 Å². The molecule has 9 nitrogen and oxygen atoms in total. The Morgan fingerprint density at radius 3 is 1.85 bits per heavy atom. The molecule has 10 heteroatoms. The van der Waals surface area contributed by atoms with Gasteiger partial charge >= 0.3 is 6.09 Å². The van der Waals surface area contributed by atoms with Gasteiger partial charge in [-0.1, -0.05) is 13.8 Å². The lowest BCUT2D eigenvalue weighted by Crippen LogP contribution is -2.60. The van der Waals surface area contributed by atoms with Gasteiger partial charge in [0, 0.05) is 6.04 Å². The molecule has 0 heterocycles. The number of carbonyl (C=O) groups is 1. The first-order chi connectivity index (χ1) is 11.7. The van der Waals surface area contributed by atoms with Crippen molar-refractivity contribution in [3.63, 3.8) is 0 Å². The van der Waals surface area contributed by atoms with Crippen LogP contribution in [0.1, 0.15) is 60.3 Å². The van der Waals surface area contributed by atoms with Crippen LogP contribution in [-0.2, 0) is 14.9 Å². The molecular formula is C16H33N4O5S+. The molecule has 0 aliphatic heterocycles. The highest BCUT2D eigenvalue weighted by molar-refractivity contribution is 7.85. The summed E-state index contributed by atoms with van der Waals surface area (Å²) in [6.07, 6.45) is 2.90. The second-order valence-electron chi connectivity index (χ2n) is 6.48. The molecule has 0 radical (unpaired) electrons. The third-order valence-electron chi connectivity index (χ3n) is 2.51. The van der Waals surface area contributed by atoms with E-state index in [9.17, 15) is 13.2 Å². The van der Waals surface area contributed by atoms with E-state index in [2.05, 4.69) is 17.1 Å². The zero-order valence-electron chi connectivity index (χ0n) is 16.6. The van der Waals surface area contributed by atoms with Crippen molar-refractivity contribution in [2.24, 2.45) is 0 Å². The molecule has 0 saturated heterocycles. The SMILES string of the molecule is CCC(CC#N)NC(=O)OC(C)(C)C.CCC([NH3+])CC#N.CS(=O)(=O)O. The molecule has 26 heavy (non-hydrogen) atoms. The number of nitrogens with zero attached hydrogens (tertiary/aromatic N) is 2. The van der Waals surface area contributed by atoms with Crippen LogP contribution in [0.25, 0.3) is 0 Å². The minimum Gasteiger partial charge on any atom is -0.444 e. The number of hydrogen-bond acceptors (Lipinski definition) is 6. The lowest BCUT2D eigenvalue weighted by atomic mass is 10.2. The molecule has 0 spiro atoms. The summed E-state index contributed by atoms with van der Waals surface area (Å²) in [7, 11) is -3.67. The van der Waals surface area contributed by atoms with Crippen molar-refractivity contribution in [1.82, 2.24) is 5.32 Å². The van der Waals surface area contributed by atoms with Crippen LogP contribution >= 0.6 is 0 Å². The van der Waals surface area contributed by atoms with Crippen molar-refractivity contribution in [1.29, 1.82) is 10.5 Å². The number of hydrogen-bond donors (Lipinski definition) is 3. The van der Waals surface area contributed by atoms with Gasteiger partial charge in [-0.3, -0.25) is 4.55 Å². The van der Waals surface area contributed by atoms with Crippen molar-refractivity contribution < 1.29 is 28.2 Å². The molecule has 0 saturated carbocycles. The van der Waals surface area contributed by atoms with E-state index >= 15 is 0 Å². The lowest BCUT2D eigenvalue weighted by Gasteiger charge is -2.21. The zero-order chi connectivity index (χ0) is 21.4. The molecular weight excluding hydrogens is 360 g/mol. The largest absolute Gasteiger partial charge is 0.444 e. The zero-order valence-corrected chi connectivity index (χ0v) is 17.4. The Morgan fingerprint density at radius 1 is 1.19 bits per heavy atom. The Balaban J connectivity index is -0.000000366. The molecule has 2 atom stereocenters. The smallest absolute Gasteiger partial charge is 0.407 e. The normalized spacial score (nSPS) is 12.5. The highest BCUT2D eigenvalue weighted by atomic mass is 32.2. The van der Waals surface area contributed by atoms with Gasteiger partial charge in [0.15, 0.2) is 0 Å². The maximum Gasteiger partial charge on any atom is 0.407 e. The van der Waals surface area contributed by atoms with Gasteiger partial charge in [-0.2, -0.15) is 18.9 Å². The van der Waals surface area contributed by atoms with E-state index in [1.807, 2.05) is 19.9 Å². The minimum absolute atomic E-state index is 0.116. The van der Waals surface area contributed by atoms with Crippen molar-refractivity contribution in [2.75, 3.05) is 6.26 Å². The van der Waals surface area contributed by atoms with E-state index in [1.165, 1.54) is 0 Å². The molecule has 0 aliphatic carbocycles. The highest BCUT2D eigenvalue weighted by Crippen LogP contribution is 2.07. The van der Waals surface area contributed by atoms with Gasteiger partial charge in [-0.15, -0.1) is 0 Å². The molecule has 0 bridgehead atoms. The summed E-state index contributed by atoms with van der Waals surface area (Å²) in [6.45, 7) is 9.36. The Kier molecular flexibility index (Phi) is 17.1. The summed E-state index contributed by atoms with van der Waals surface area (Å²) in [5, 5.41) is 19.2. The first-order valence-electron chi connectivity index (χ1n) is 8.18. The fraction of sp³-hybridized carbons (Fsp3) is 0.812. The molecule has 0 aromatic rings. The number of carbonyl (C=O) groups excluding carboxylic acids is 1. The van der Waals surface area contributed by atoms with Gasteiger partial charge in [0.25, 0.3) is 10.1 Å². The van der Waals surface area contributed by atoms with Gasteiger partial charge in [0.05, 0.1) is 37.3 Å². The molecule has 0 aromatic carbocycles. The minimum atomic E-state index is -3.67. The van der Waals surface area contributed by atoms with Crippen LogP contribution in [0.3, 0.4) is 0 Å². The molecule has 0 rings (SSSR count). The van der Waals surface area contributed by atoms with Crippen LogP contribution in [-0.4, -0.2) is 43.0 Å². The van der Waals surface area contributed by atoms with Crippen LogP contribution < -0.4 is 11.1 Å². The number of rotatable bonds is 5. The van der Waals surface area contributed by atoms with E-state index in [1.54, 1.807) is 20.8 Å². The van der Waals surface area contributed by atoms with E-state index in [0.717, 1.165) is 12.8 Å². The quantitative estimate of drug-likeness (QED) is 0.596. The Bertz CT molecular complexity index is 551. The predicted molar refractivity (Wildman–Crippen MR) is 98.3 cm³/mol. The first kappa shape index (κ1) is 28.9. The summed E-state index contributed by atoms with van der Waals surface area (Å²) < 4.78 is 30.9. The van der Waals surface area contributed by atoms with Crippen molar-refractivity contribution in [3.8, 4) is 12.1 Å². The summed E-state index contributed by atoms with van der Waals surface area (Å²) >= 11 is 0. The molecule has 0 aliphatic rings. The molecule has 0 fully saturated rings. The average Bonchev–Trinajstić information content (AvgIpc) is 2.44. The highest BCUT2D eigenvalue weighted by Gasteiger charge is 2.18. The van der Waals surface area contributed by atoms with E-state index in [4.69, 9.17) is 19.8 Å². The number of ether oxygens (including phenoxy) is 1. The third-order valence-corrected chi connectivity index (χ3v) is 2.51. The third kappa shape index (κ3) is 33.7. The predicted octanol–water partition coefficient (Wildman–Crippen LogP) is 1.63. The van der Waals surface area contributed by atoms with Gasteiger partial charge < -0.3 is 15.8 Å². The Labute approximate surface area is 157 Å². The second kappa shape index (κ2) is 15.4. The number of nitriles is 2. The van der Waals surface area contributed by atoms with Crippen LogP contribution in [0, 0.1) is 22.7 Å². The fourth-order valence-corrected chi connectivity index (χ4v) is 1.16. The number of alkyl carbamates (subject to hydrolysis) is 1. The van der Waals surface area contributed by atoms with Gasteiger partial charge in [0.2, 0.25) is 0 Å².